The summed E-state index contributed by atoms with van der Waals surface area (Å²) >= 11 is 0. The molecule has 3 nitrogen and oxygen atoms in total. The Kier molecular flexibility index (Phi) is 3.15. The minimum Gasteiger partial charge on any atom is -0.373 e. The molecule has 0 fully saturated rings. The normalized spacial score (nSPS) is 21.1. The van der Waals surface area contributed by atoms with E-state index >= 15 is 0 Å². The minimum absolute atomic E-state index is 0.147. The summed E-state index contributed by atoms with van der Waals surface area (Å²) in [4.78, 5) is 0. The number of hydrogen-bond acceptors (Lipinski definition) is 2. The second-order valence-electron chi connectivity index (χ2n) is 6.03. The highest BCUT2D eigenvalue weighted by molar-refractivity contribution is 5.23. The summed E-state index contributed by atoms with van der Waals surface area (Å²) < 4.78 is 6.17. The Morgan fingerprint density at radius 3 is 2.89 bits per heavy atom. The summed E-state index contributed by atoms with van der Waals surface area (Å²) in [6.45, 7) is 5.22. The van der Waals surface area contributed by atoms with Gasteiger partial charge in [0.1, 0.15) is 0 Å². The predicted molar refractivity (Wildman–Crippen MR) is 74.8 cm³/mol. The number of ether oxygens (including phenoxy) is 1. The van der Waals surface area contributed by atoms with Gasteiger partial charge in [0.15, 0.2) is 0 Å². The van der Waals surface area contributed by atoms with E-state index in [4.69, 9.17) is 4.74 Å². The molecule has 2 aromatic rings. The van der Waals surface area contributed by atoms with Gasteiger partial charge in [-0.3, -0.25) is 5.10 Å². The minimum atomic E-state index is 0.147. The molecule has 0 spiro atoms. The fourth-order valence-electron chi connectivity index (χ4n) is 2.77. The number of rotatable bonds is 3. The zero-order chi connectivity index (χ0) is 13.3. The number of aromatic amines is 1. The van der Waals surface area contributed by atoms with E-state index in [-0.39, 0.29) is 11.5 Å². The number of nitrogens with one attached hydrogen (secondary N) is 1. The summed E-state index contributed by atoms with van der Waals surface area (Å²) in [7, 11) is 0. The molecule has 1 aliphatic rings. The van der Waals surface area contributed by atoms with Crippen molar-refractivity contribution in [2.45, 2.75) is 39.4 Å². The van der Waals surface area contributed by atoms with Gasteiger partial charge in [-0.2, -0.15) is 5.10 Å². The molecule has 1 atom stereocenters. The Labute approximate surface area is 114 Å². The van der Waals surface area contributed by atoms with E-state index in [1.54, 1.807) is 0 Å². The largest absolute Gasteiger partial charge is 0.373 e. The van der Waals surface area contributed by atoms with E-state index in [1.165, 1.54) is 16.8 Å². The summed E-state index contributed by atoms with van der Waals surface area (Å²) in [5.41, 5.74) is 3.95. The van der Waals surface area contributed by atoms with E-state index in [1.807, 2.05) is 12.3 Å². The van der Waals surface area contributed by atoms with Gasteiger partial charge in [0.25, 0.3) is 0 Å². The smallest absolute Gasteiger partial charge is 0.0721 e. The molecular formula is C16H20N2O. The van der Waals surface area contributed by atoms with Gasteiger partial charge < -0.3 is 4.74 Å². The standard InChI is InChI=1S/C16H20N2O/c1-16(2)9-14-13(10-17-18-14)8-15(16)19-11-12-6-4-3-5-7-12/h3-7,10,15H,8-9,11H2,1-2H3,(H,17,18). The second-order valence-corrected chi connectivity index (χ2v) is 6.03. The molecule has 1 heterocycles. The summed E-state index contributed by atoms with van der Waals surface area (Å²) in [5, 5.41) is 7.24. The van der Waals surface area contributed by atoms with Gasteiger partial charge in [0.2, 0.25) is 0 Å². The van der Waals surface area contributed by atoms with Gasteiger partial charge in [-0.15, -0.1) is 0 Å². The highest BCUT2D eigenvalue weighted by atomic mass is 16.5. The molecule has 1 aliphatic carbocycles. The predicted octanol–water partition coefficient (Wildman–Crippen LogP) is 3.12. The lowest BCUT2D eigenvalue weighted by molar-refractivity contribution is -0.0408. The topological polar surface area (TPSA) is 37.9 Å². The summed E-state index contributed by atoms with van der Waals surface area (Å²) in [5.74, 6) is 0. The molecule has 1 unspecified atom stereocenters. The van der Waals surface area contributed by atoms with Crippen LogP contribution in [0.15, 0.2) is 36.5 Å². The van der Waals surface area contributed by atoms with Crippen molar-refractivity contribution >= 4 is 0 Å². The molecule has 100 valence electrons. The number of nitrogens with zero attached hydrogens (tertiary/aromatic N) is 1. The molecule has 0 aliphatic heterocycles. The van der Waals surface area contributed by atoms with E-state index in [2.05, 4.69) is 48.3 Å². The van der Waals surface area contributed by atoms with Crippen LogP contribution in [0.1, 0.15) is 30.7 Å². The first-order valence-corrected chi connectivity index (χ1v) is 6.82. The zero-order valence-electron chi connectivity index (χ0n) is 11.5. The first-order chi connectivity index (χ1) is 9.15. The SMILES string of the molecule is CC1(C)Cc2[nH]ncc2CC1OCc1ccccc1. The first kappa shape index (κ1) is 12.4. The highest BCUT2D eigenvalue weighted by Crippen LogP contribution is 2.36. The van der Waals surface area contributed by atoms with Crippen LogP contribution in [-0.4, -0.2) is 16.3 Å². The molecule has 1 N–H and O–H groups in total. The lowest BCUT2D eigenvalue weighted by atomic mass is 9.74. The highest BCUT2D eigenvalue weighted by Gasteiger charge is 2.36. The molecule has 0 amide bonds. The van der Waals surface area contributed by atoms with Gasteiger partial charge in [-0.1, -0.05) is 44.2 Å². The van der Waals surface area contributed by atoms with E-state index in [0.717, 1.165) is 12.8 Å². The number of hydrogen-bond donors (Lipinski definition) is 1. The number of fused-ring (bicyclic) bond motifs is 1. The Morgan fingerprint density at radius 2 is 2.11 bits per heavy atom. The molecular weight excluding hydrogens is 236 g/mol. The Morgan fingerprint density at radius 1 is 1.32 bits per heavy atom. The van der Waals surface area contributed by atoms with Gasteiger partial charge in [0.05, 0.1) is 18.9 Å². The van der Waals surface area contributed by atoms with Crippen LogP contribution >= 0.6 is 0 Å². The van der Waals surface area contributed by atoms with Crippen molar-refractivity contribution in [3.63, 3.8) is 0 Å². The van der Waals surface area contributed by atoms with Crippen LogP contribution in [0, 0.1) is 5.41 Å². The van der Waals surface area contributed by atoms with Crippen LogP contribution in [0.25, 0.3) is 0 Å². The maximum Gasteiger partial charge on any atom is 0.0721 e. The van der Waals surface area contributed by atoms with Crippen LogP contribution < -0.4 is 0 Å². The molecule has 1 aromatic carbocycles. The third kappa shape index (κ3) is 2.56. The van der Waals surface area contributed by atoms with Gasteiger partial charge in [-0.25, -0.2) is 0 Å². The fraction of sp³-hybridized carbons (Fsp3) is 0.438. The van der Waals surface area contributed by atoms with Crippen molar-refractivity contribution in [1.82, 2.24) is 10.2 Å². The van der Waals surface area contributed by atoms with Crippen LogP contribution in [-0.2, 0) is 24.2 Å². The van der Waals surface area contributed by atoms with Crippen molar-refractivity contribution in [1.29, 1.82) is 0 Å². The Balaban J connectivity index is 1.71. The third-order valence-corrected chi connectivity index (χ3v) is 4.01. The van der Waals surface area contributed by atoms with Crippen LogP contribution in [0.2, 0.25) is 0 Å². The van der Waals surface area contributed by atoms with E-state index in [9.17, 15) is 0 Å². The first-order valence-electron chi connectivity index (χ1n) is 6.82. The maximum absolute atomic E-state index is 6.17. The molecule has 19 heavy (non-hydrogen) atoms. The van der Waals surface area contributed by atoms with E-state index in [0.29, 0.717) is 6.61 Å². The molecule has 3 rings (SSSR count). The molecule has 0 saturated heterocycles. The van der Waals surface area contributed by atoms with Crippen molar-refractivity contribution in [3.05, 3.63) is 53.3 Å². The lowest BCUT2D eigenvalue weighted by Crippen LogP contribution is -2.39. The molecule has 0 bridgehead atoms. The number of benzene rings is 1. The quantitative estimate of drug-likeness (QED) is 0.916. The average molecular weight is 256 g/mol. The van der Waals surface area contributed by atoms with Crippen LogP contribution in [0.3, 0.4) is 0 Å². The van der Waals surface area contributed by atoms with Gasteiger partial charge in [0, 0.05) is 12.1 Å². The van der Waals surface area contributed by atoms with Crippen molar-refractivity contribution < 1.29 is 4.74 Å². The molecule has 0 saturated carbocycles. The monoisotopic (exact) mass is 256 g/mol. The summed E-state index contributed by atoms with van der Waals surface area (Å²) in [6.07, 6.45) is 4.13. The summed E-state index contributed by atoms with van der Waals surface area (Å²) in [6, 6.07) is 10.4. The lowest BCUT2D eigenvalue weighted by Gasteiger charge is -2.37. The maximum atomic E-state index is 6.17. The molecule has 3 heteroatoms. The average Bonchev–Trinajstić information content (AvgIpc) is 2.82. The van der Waals surface area contributed by atoms with Crippen molar-refractivity contribution in [2.75, 3.05) is 0 Å². The zero-order valence-corrected chi connectivity index (χ0v) is 11.5. The van der Waals surface area contributed by atoms with Gasteiger partial charge >= 0.3 is 0 Å². The van der Waals surface area contributed by atoms with Crippen LogP contribution in [0.5, 0.6) is 0 Å². The van der Waals surface area contributed by atoms with Crippen LogP contribution in [0.4, 0.5) is 0 Å². The van der Waals surface area contributed by atoms with Crippen molar-refractivity contribution in [3.8, 4) is 0 Å². The van der Waals surface area contributed by atoms with Crippen molar-refractivity contribution in [2.24, 2.45) is 5.41 Å². The van der Waals surface area contributed by atoms with Gasteiger partial charge in [-0.05, 0) is 23.0 Å². The Bertz CT molecular complexity index is 545. The number of aromatic nitrogens is 2. The second kappa shape index (κ2) is 4.82. The third-order valence-electron chi connectivity index (χ3n) is 4.01. The van der Waals surface area contributed by atoms with E-state index < -0.39 is 0 Å². The fourth-order valence-corrected chi connectivity index (χ4v) is 2.77. The number of H-pyrrole nitrogens is 1. The molecule has 0 radical (unpaired) electrons. The Hall–Kier alpha value is -1.61. The molecule has 1 aromatic heterocycles.